The van der Waals surface area contributed by atoms with Crippen molar-refractivity contribution >= 4 is 6.03 Å². The van der Waals surface area contributed by atoms with Crippen molar-refractivity contribution in [1.29, 1.82) is 0 Å². The van der Waals surface area contributed by atoms with Crippen LogP contribution in [0.2, 0.25) is 0 Å². The first kappa shape index (κ1) is 16.3. The predicted molar refractivity (Wildman–Crippen MR) is 97.1 cm³/mol. The Balaban J connectivity index is 1.45. The molecule has 4 rings (SSSR count). The lowest BCUT2D eigenvalue weighted by molar-refractivity contribution is 0.180. The molecular weight excluding hydrogens is 328 g/mol. The Morgan fingerprint density at radius 1 is 1.12 bits per heavy atom. The average molecular weight is 348 g/mol. The second kappa shape index (κ2) is 7.39. The number of hydrogen-bond donors (Lipinski definition) is 1. The van der Waals surface area contributed by atoms with E-state index < -0.39 is 0 Å². The van der Waals surface area contributed by atoms with Gasteiger partial charge in [-0.2, -0.15) is 4.98 Å². The summed E-state index contributed by atoms with van der Waals surface area (Å²) >= 11 is 0. The molecule has 0 saturated carbocycles. The predicted octanol–water partition coefficient (Wildman–Crippen LogP) is 3.78. The van der Waals surface area contributed by atoms with Gasteiger partial charge in [0.2, 0.25) is 11.7 Å². The minimum atomic E-state index is -0.171. The lowest BCUT2D eigenvalue weighted by Crippen LogP contribution is -2.39. The van der Waals surface area contributed by atoms with Crippen LogP contribution in [0.25, 0.3) is 11.4 Å². The molecule has 1 N–H and O–H groups in total. The van der Waals surface area contributed by atoms with Gasteiger partial charge < -0.3 is 14.7 Å². The number of benzene rings is 2. The van der Waals surface area contributed by atoms with Gasteiger partial charge in [0.1, 0.15) is 6.04 Å². The molecule has 2 heterocycles. The molecule has 6 nitrogen and oxygen atoms in total. The van der Waals surface area contributed by atoms with Crippen LogP contribution in [0, 0.1) is 0 Å². The van der Waals surface area contributed by atoms with E-state index in [4.69, 9.17) is 4.52 Å². The van der Waals surface area contributed by atoms with Crippen LogP contribution in [0.1, 0.15) is 30.3 Å². The number of likely N-dealkylation sites (tertiary alicyclic amines) is 1. The molecular formula is C20H20N4O2. The molecule has 26 heavy (non-hydrogen) atoms. The van der Waals surface area contributed by atoms with Gasteiger partial charge in [-0.3, -0.25) is 0 Å². The van der Waals surface area contributed by atoms with Gasteiger partial charge in [0.25, 0.3) is 0 Å². The summed E-state index contributed by atoms with van der Waals surface area (Å²) in [6.45, 7) is 1.19. The maximum absolute atomic E-state index is 12.6. The molecule has 0 radical (unpaired) electrons. The molecule has 2 amide bonds. The smallest absolute Gasteiger partial charge is 0.318 e. The Kier molecular flexibility index (Phi) is 4.64. The summed E-state index contributed by atoms with van der Waals surface area (Å²) in [6.07, 6.45) is 1.75. The zero-order valence-corrected chi connectivity index (χ0v) is 14.3. The molecule has 132 valence electrons. The molecule has 0 spiro atoms. The molecule has 1 saturated heterocycles. The number of carbonyl (C=O) groups excluding carboxylic acids is 1. The van der Waals surface area contributed by atoms with Crippen molar-refractivity contribution < 1.29 is 9.32 Å². The van der Waals surface area contributed by atoms with Crippen LogP contribution < -0.4 is 5.32 Å². The molecule has 3 aromatic rings. The highest BCUT2D eigenvalue weighted by molar-refractivity contribution is 5.75. The summed E-state index contributed by atoms with van der Waals surface area (Å²) < 4.78 is 5.46. The first-order chi connectivity index (χ1) is 12.8. The van der Waals surface area contributed by atoms with E-state index in [0.717, 1.165) is 24.0 Å². The van der Waals surface area contributed by atoms with Crippen molar-refractivity contribution in [3.63, 3.8) is 0 Å². The van der Waals surface area contributed by atoms with Crippen LogP contribution in [0.15, 0.2) is 65.2 Å². The number of rotatable bonds is 4. The molecule has 0 aliphatic carbocycles. The van der Waals surface area contributed by atoms with E-state index in [1.807, 2.05) is 60.7 Å². The third kappa shape index (κ3) is 3.44. The summed E-state index contributed by atoms with van der Waals surface area (Å²) in [4.78, 5) is 18.9. The van der Waals surface area contributed by atoms with Crippen LogP contribution in [0.4, 0.5) is 4.79 Å². The highest BCUT2D eigenvalue weighted by atomic mass is 16.5. The normalized spacial score (nSPS) is 16.6. The van der Waals surface area contributed by atoms with Crippen molar-refractivity contribution in [2.24, 2.45) is 0 Å². The van der Waals surface area contributed by atoms with Crippen molar-refractivity contribution in [3.05, 3.63) is 72.1 Å². The van der Waals surface area contributed by atoms with Crippen LogP contribution in [0.3, 0.4) is 0 Å². The van der Waals surface area contributed by atoms with Crippen molar-refractivity contribution in [3.8, 4) is 11.4 Å². The number of nitrogens with zero attached hydrogens (tertiary/aromatic N) is 3. The van der Waals surface area contributed by atoms with Crippen LogP contribution in [-0.2, 0) is 6.54 Å². The van der Waals surface area contributed by atoms with Crippen LogP contribution in [0.5, 0.6) is 0 Å². The van der Waals surface area contributed by atoms with E-state index in [-0.39, 0.29) is 12.1 Å². The van der Waals surface area contributed by atoms with E-state index >= 15 is 0 Å². The molecule has 1 unspecified atom stereocenters. The first-order valence-corrected chi connectivity index (χ1v) is 8.79. The lowest BCUT2D eigenvalue weighted by atomic mass is 10.2. The molecule has 1 aromatic heterocycles. The monoisotopic (exact) mass is 348 g/mol. The standard InChI is InChI=1S/C20H20N4O2/c25-20(21-14-15-8-3-1-4-9-15)24-13-7-12-17(24)19-22-18(23-26-19)16-10-5-2-6-11-16/h1-6,8-11,17H,7,12-14H2,(H,21,25). The van der Waals surface area contributed by atoms with Crippen LogP contribution in [-0.4, -0.2) is 27.6 Å². The molecule has 1 atom stereocenters. The highest BCUT2D eigenvalue weighted by Gasteiger charge is 2.34. The van der Waals surface area contributed by atoms with E-state index in [1.54, 1.807) is 4.90 Å². The van der Waals surface area contributed by atoms with Crippen molar-refractivity contribution in [2.45, 2.75) is 25.4 Å². The number of hydrogen-bond acceptors (Lipinski definition) is 4. The van der Waals surface area contributed by atoms with Gasteiger partial charge in [-0.05, 0) is 18.4 Å². The van der Waals surface area contributed by atoms with E-state index in [2.05, 4.69) is 15.5 Å². The third-order valence-electron chi connectivity index (χ3n) is 4.56. The molecule has 0 bridgehead atoms. The fourth-order valence-electron chi connectivity index (χ4n) is 3.22. The zero-order chi connectivity index (χ0) is 17.8. The number of aromatic nitrogens is 2. The van der Waals surface area contributed by atoms with Gasteiger partial charge in [-0.15, -0.1) is 0 Å². The Hall–Kier alpha value is -3.15. The maximum Gasteiger partial charge on any atom is 0.318 e. The molecule has 2 aromatic carbocycles. The molecule has 6 heteroatoms. The molecule has 1 aliphatic rings. The van der Waals surface area contributed by atoms with E-state index in [0.29, 0.717) is 24.8 Å². The average Bonchev–Trinajstić information content (AvgIpc) is 3.37. The summed E-state index contributed by atoms with van der Waals surface area (Å²) in [5.41, 5.74) is 1.97. The van der Waals surface area contributed by atoms with Crippen LogP contribution >= 0.6 is 0 Å². The Morgan fingerprint density at radius 2 is 1.85 bits per heavy atom. The summed E-state index contributed by atoms with van der Waals surface area (Å²) in [5.74, 6) is 1.05. The number of nitrogens with one attached hydrogen (secondary N) is 1. The van der Waals surface area contributed by atoms with Gasteiger partial charge in [-0.1, -0.05) is 65.8 Å². The quantitative estimate of drug-likeness (QED) is 0.779. The minimum Gasteiger partial charge on any atom is -0.337 e. The SMILES string of the molecule is O=C(NCc1ccccc1)N1CCCC1c1nc(-c2ccccc2)no1. The number of carbonyl (C=O) groups is 1. The first-order valence-electron chi connectivity index (χ1n) is 8.79. The fourth-order valence-corrected chi connectivity index (χ4v) is 3.22. The number of urea groups is 1. The van der Waals surface area contributed by atoms with Gasteiger partial charge >= 0.3 is 6.03 Å². The second-order valence-electron chi connectivity index (χ2n) is 6.32. The molecule has 1 fully saturated rings. The van der Waals surface area contributed by atoms with E-state index in [9.17, 15) is 4.79 Å². The fraction of sp³-hybridized carbons (Fsp3) is 0.250. The van der Waals surface area contributed by atoms with Crippen molar-refractivity contribution in [1.82, 2.24) is 20.4 Å². The highest BCUT2D eigenvalue weighted by Crippen LogP contribution is 2.32. The lowest BCUT2D eigenvalue weighted by Gasteiger charge is -2.22. The Labute approximate surface area is 151 Å². The largest absolute Gasteiger partial charge is 0.337 e. The van der Waals surface area contributed by atoms with Gasteiger partial charge in [0.15, 0.2) is 0 Å². The minimum absolute atomic E-state index is 0.101. The van der Waals surface area contributed by atoms with Gasteiger partial charge in [0, 0.05) is 18.7 Å². The topological polar surface area (TPSA) is 71.3 Å². The Bertz CT molecular complexity index is 864. The second-order valence-corrected chi connectivity index (χ2v) is 6.32. The van der Waals surface area contributed by atoms with Crippen molar-refractivity contribution in [2.75, 3.05) is 6.54 Å². The third-order valence-corrected chi connectivity index (χ3v) is 4.56. The maximum atomic E-state index is 12.6. The molecule has 1 aliphatic heterocycles. The summed E-state index contributed by atoms with van der Waals surface area (Å²) in [7, 11) is 0. The van der Waals surface area contributed by atoms with Gasteiger partial charge in [0.05, 0.1) is 0 Å². The Morgan fingerprint density at radius 3 is 2.62 bits per heavy atom. The van der Waals surface area contributed by atoms with Gasteiger partial charge in [-0.25, -0.2) is 4.79 Å². The summed E-state index contributed by atoms with van der Waals surface area (Å²) in [6, 6.07) is 19.3. The zero-order valence-electron chi connectivity index (χ0n) is 14.3. The number of amides is 2. The summed E-state index contributed by atoms with van der Waals surface area (Å²) in [5, 5.41) is 7.05. The van der Waals surface area contributed by atoms with E-state index in [1.165, 1.54) is 0 Å².